The van der Waals surface area contributed by atoms with Crippen LogP contribution in [0.5, 0.6) is 11.5 Å². The summed E-state index contributed by atoms with van der Waals surface area (Å²) in [7, 11) is -1.73. The zero-order chi connectivity index (χ0) is 33.3. The molecule has 1 atom stereocenters. The molecule has 0 bridgehead atoms. The maximum Gasteiger partial charge on any atom is 0.342 e. The lowest BCUT2D eigenvalue weighted by Gasteiger charge is -2.22. The predicted octanol–water partition coefficient (Wildman–Crippen LogP) is 7.81. The Bertz CT molecular complexity index is 1270. The molecule has 2 rings (SSSR count). The average molecular weight is 669 g/mol. The van der Waals surface area contributed by atoms with Gasteiger partial charge in [0.05, 0.1) is 32.4 Å². The highest BCUT2D eigenvalue weighted by Crippen LogP contribution is 2.46. The van der Waals surface area contributed by atoms with Crippen LogP contribution in [0.15, 0.2) is 23.8 Å². The zero-order valence-corrected chi connectivity index (χ0v) is 31.5. The topological polar surface area (TPSA) is 107 Å². The first-order valence-electron chi connectivity index (χ1n) is 15.2. The lowest BCUT2D eigenvalue weighted by molar-refractivity contribution is -0.146. The number of rotatable bonds is 18. The molecule has 0 aromatic heterocycles. The molecule has 44 heavy (non-hydrogen) atoms. The first-order valence-corrected chi connectivity index (χ1v) is 24.3. The second-order valence-corrected chi connectivity index (χ2v) is 27.2. The van der Waals surface area contributed by atoms with Gasteiger partial charge in [-0.15, -0.1) is 0 Å². The van der Waals surface area contributed by atoms with Crippen molar-refractivity contribution in [3.8, 4) is 11.5 Å². The molecule has 1 aliphatic rings. The number of hydrogen-bond donors (Lipinski definition) is 0. The van der Waals surface area contributed by atoms with E-state index in [1.807, 2.05) is 19.9 Å². The van der Waals surface area contributed by atoms with E-state index in [4.69, 9.17) is 28.0 Å². The summed E-state index contributed by atoms with van der Waals surface area (Å²) >= 11 is 0. The third-order valence-electron chi connectivity index (χ3n) is 7.57. The van der Waals surface area contributed by atoms with Gasteiger partial charge in [0.25, 0.3) is 0 Å². The summed E-state index contributed by atoms with van der Waals surface area (Å²) in [4.78, 5) is 26.0. The zero-order valence-electron chi connectivity index (χ0n) is 28.6. The minimum absolute atomic E-state index is 0.0429. The minimum Gasteiger partial charge on any atom is -0.496 e. The maximum absolute atomic E-state index is 13.2. The van der Waals surface area contributed by atoms with Gasteiger partial charge in [-0.1, -0.05) is 63.1 Å². The number of cyclic esters (lactones) is 1. The van der Waals surface area contributed by atoms with Crippen molar-refractivity contribution in [2.24, 2.45) is 5.92 Å². The molecular weight excluding hydrogens is 615 g/mol. The second-order valence-electron chi connectivity index (χ2n) is 13.7. The highest BCUT2D eigenvalue weighted by Gasteiger charge is 2.33. The van der Waals surface area contributed by atoms with Crippen LogP contribution in [0.2, 0.25) is 51.4 Å². The van der Waals surface area contributed by atoms with Gasteiger partial charge < -0.3 is 28.0 Å². The van der Waals surface area contributed by atoms with Gasteiger partial charge in [0, 0.05) is 41.5 Å². The van der Waals surface area contributed by atoms with E-state index in [0.717, 1.165) is 34.4 Å². The number of carbonyl (C=O) groups is 2. The van der Waals surface area contributed by atoms with Crippen LogP contribution in [0.4, 0.5) is 0 Å². The quantitative estimate of drug-likeness (QED) is 0.0670. The van der Waals surface area contributed by atoms with Crippen molar-refractivity contribution in [1.29, 1.82) is 0 Å². The molecule has 9 nitrogen and oxygen atoms in total. The molecule has 1 heterocycles. The Morgan fingerprint density at radius 1 is 1.00 bits per heavy atom. The third kappa shape index (κ3) is 11.3. The van der Waals surface area contributed by atoms with Crippen molar-refractivity contribution in [3.05, 3.63) is 46.1 Å². The summed E-state index contributed by atoms with van der Waals surface area (Å²) < 4.78 is 45.9. The van der Waals surface area contributed by atoms with E-state index < -0.39 is 29.7 Å². The number of fused-ring (bicyclic) bond motifs is 1. The van der Waals surface area contributed by atoms with Crippen molar-refractivity contribution in [3.63, 3.8) is 0 Å². The van der Waals surface area contributed by atoms with Crippen molar-refractivity contribution in [2.45, 2.75) is 84.7 Å². The number of benzene rings is 1. The number of allylic oxidation sites excluding steroid dienone is 3. The molecule has 0 radical (unpaired) electrons. The van der Waals surface area contributed by atoms with E-state index in [2.05, 4.69) is 39.3 Å². The number of carbonyl (C=O) groups excluding carboxylic acids is 2. The lowest BCUT2D eigenvalue weighted by Crippen LogP contribution is -2.24. The predicted molar refractivity (Wildman–Crippen MR) is 181 cm³/mol. The monoisotopic (exact) mass is 668 g/mol. The second kappa shape index (κ2) is 16.4. The van der Waals surface area contributed by atoms with E-state index in [1.165, 1.54) is 14.2 Å². The number of methoxy groups -OCH3 is 1. The molecule has 12 heteroatoms. The van der Waals surface area contributed by atoms with Gasteiger partial charge in [-0.05, 0) is 44.3 Å². The largest absolute Gasteiger partial charge is 0.496 e. The van der Waals surface area contributed by atoms with Crippen LogP contribution < -0.4 is 9.47 Å². The molecule has 248 valence electrons. The van der Waals surface area contributed by atoms with Gasteiger partial charge in [0.1, 0.15) is 23.7 Å². The van der Waals surface area contributed by atoms with Gasteiger partial charge in [0.2, 0.25) is 0 Å². The molecule has 1 aliphatic heterocycles. The summed E-state index contributed by atoms with van der Waals surface area (Å²) in [5.41, 5.74) is 3.87. The number of ether oxygens (including phenoxy) is 4. The molecule has 1 aromatic carbocycles. The lowest BCUT2D eigenvalue weighted by atomic mass is 9.93. The first-order chi connectivity index (χ1) is 20.4. The van der Waals surface area contributed by atoms with Crippen molar-refractivity contribution in [1.82, 2.24) is 0 Å². The van der Waals surface area contributed by atoms with Gasteiger partial charge in [0.15, 0.2) is 0 Å². The third-order valence-corrected chi connectivity index (χ3v) is 12.8. The Hall–Kier alpha value is -2.18. The van der Waals surface area contributed by atoms with Crippen LogP contribution in [0.1, 0.15) is 40.4 Å². The van der Waals surface area contributed by atoms with E-state index in [-0.39, 0.29) is 24.7 Å². The van der Waals surface area contributed by atoms with Crippen LogP contribution in [0, 0.1) is 12.8 Å². The van der Waals surface area contributed by atoms with Crippen LogP contribution >= 0.6 is 7.60 Å². The molecule has 0 N–H and O–H groups in total. The van der Waals surface area contributed by atoms with E-state index >= 15 is 0 Å². The molecule has 0 saturated carbocycles. The number of esters is 2. The summed E-state index contributed by atoms with van der Waals surface area (Å²) in [5.74, 6) is -0.107. The fraction of sp³-hybridized carbons (Fsp3) is 0.625. The maximum atomic E-state index is 13.2. The van der Waals surface area contributed by atoms with E-state index in [9.17, 15) is 14.2 Å². The Labute approximate surface area is 266 Å². The summed E-state index contributed by atoms with van der Waals surface area (Å²) in [6.07, 6.45) is 6.28. The molecule has 0 spiro atoms. The van der Waals surface area contributed by atoms with Crippen LogP contribution in [0.25, 0.3) is 0 Å². The Morgan fingerprint density at radius 3 is 2.18 bits per heavy atom. The fourth-order valence-corrected chi connectivity index (χ4v) is 6.96. The molecule has 0 amide bonds. The van der Waals surface area contributed by atoms with Crippen LogP contribution in [-0.4, -0.2) is 68.8 Å². The van der Waals surface area contributed by atoms with E-state index in [0.29, 0.717) is 43.1 Å². The smallest absolute Gasteiger partial charge is 0.342 e. The van der Waals surface area contributed by atoms with Crippen molar-refractivity contribution < 1.29 is 42.1 Å². The Kier molecular flexibility index (Phi) is 14.2. The summed E-state index contributed by atoms with van der Waals surface area (Å²) in [5, 5.41) is 0. The number of hydrogen-bond acceptors (Lipinski definition) is 9. The highest BCUT2D eigenvalue weighted by molar-refractivity contribution is 7.54. The molecule has 1 aromatic rings. The average Bonchev–Trinajstić information content (AvgIpc) is 3.32. The van der Waals surface area contributed by atoms with Crippen LogP contribution in [0.3, 0.4) is 0 Å². The highest BCUT2D eigenvalue weighted by atomic mass is 31.2. The summed E-state index contributed by atoms with van der Waals surface area (Å²) in [6, 6.07) is 1.81. The van der Waals surface area contributed by atoms with Crippen molar-refractivity contribution in [2.75, 3.05) is 40.7 Å². The van der Waals surface area contributed by atoms with Gasteiger partial charge in [-0.25, -0.2) is 4.79 Å². The molecule has 0 fully saturated rings. The Morgan fingerprint density at radius 2 is 1.61 bits per heavy atom. The normalized spacial score (nSPS) is 14.9. The van der Waals surface area contributed by atoms with Gasteiger partial charge >= 0.3 is 19.5 Å². The van der Waals surface area contributed by atoms with Gasteiger partial charge in [-0.3, -0.25) is 9.36 Å². The molecule has 1 unspecified atom stereocenters. The van der Waals surface area contributed by atoms with Crippen LogP contribution in [-0.2, 0) is 40.9 Å². The Balaban J connectivity index is 2.39. The SMILES string of the molecule is COc1c(C)c2c(c(OCC[Si](C)(C)C)c1C/C=C(\C)CC(/C=C/CP(=O)(OC)OC)C(=O)OCC[Si](C)(C)C)C(=O)OC2. The summed E-state index contributed by atoms with van der Waals surface area (Å²) in [6.45, 7) is 18.5. The fourth-order valence-electron chi connectivity index (χ4n) is 4.71. The molecule has 0 saturated heterocycles. The standard InChI is InChI=1S/C32H53O9PSi2/c1-23(21-25(13-12-18-42(35,37-4)38-5)31(33)40-17-20-44(9,10)11)14-15-26-29(36-3)24(2)27-22-41-32(34)28(27)30(26)39-16-19-43(6,7)8/h12-14,25H,15-22H2,1-11H3/b13-12+,23-14+. The first kappa shape index (κ1) is 38.0. The van der Waals surface area contributed by atoms with Crippen molar-refractivity contribution >= 4 is 35.7 Å². The molecular formula is C32H53O9PSi2. The molecule has 0 aliphatic carbocycles. The van der Waals surface area contributed by atoms with E-state index in [1.54, 1.807) is 19.3 Å². The van der Waals surface area contributed by atoms with Gasteiger partial charge in [-0.2, -0.15) is 0 Å². The minimum atomic E-state index is -3.26.